The van der Waals surface area contributed by atoms with Gasteiger partial charge in [0.15, 0.2) is 0 Å². The maximum absolute atomic E-state index is 11.7. The second-order valence-electron chi connectivity index (χ2n) is 6.85. The van der Waals surface area contributed by atoms with Gasteiger partial charge in [-0.2, -0.15) is 0 Å². The topological polar surface area (TPSA) is 80.5 Å². The van der Waals surface area contributed by atoms with Crippen molar-refractivity contribution in [3.63, 3.8) is 0 Å². The van der Waals surface area contributed by atoms with Crippen LogP contribution in [0.5, 0.6) is 0 Å². The number of nitrogens with two attached hydrogens (primary N) is 1. The Morgan fingerprint density at radius 1 is 1.41 bits per heavy atom. The van der Waals surface area contributed by atoms with Crippen molar-refractivity contribution in [2.75, 3.05) is 30.3 Å². The molecule has 2 heterocycles. The summed E-state index contributed by atoms with van der Waals surface area (Å²) in [5, 5.41) is 2.81. The van der Waals surface area contributed by atoms with Gasteiger partial charge in [0.2, 0.25) is 0 Å². The summed E-state index contributed by atoms with van der Waals surface area (Å²) in [6, 6.07) is 3.82. The van der Waals surface area contributed by atoms with Gasteiger partial charge in [0.25, 0.3) is 0 Å². The van der Waals surface area contributed by atoms with Crippen molar-refractivity contribution in [1.82, 2.24) is 10.3 Å². The number of hydrogen-bond acceptors (Lipinski definition) is 5. The molecule has 0 unspecified atom stereocenters. The predicted octanol–water partition coefficient (Wildman–Crippen LogP) is 2.40. The van der Waals surface area contributed by atoms with Gasteiger partial charge in [-0.3, -0.25) is 0 Å². The van der Waals surface area contributed by atoms with E-state index >= 15 is 0 Å². The van der Waals surface area contributed by atoms with Crippen LogP contribution in [0.15, 0.2) is 18.3 Å². The lowest BCUT2D eigenvalue weighted by Gasteiger charge is -2.33. The number of nitrogens with one attached hydrogen (secondary N) is 1. The van der Waals surface area contributed by atoms with E-state index in [1.54, 1.807) is 0 Å². The summed E-state index contributed by atoms with van der Waals surface area (Å²) in [7, 11) is 0. The number of alkyl carbamates (subject to hydrolysis) is 1. The van der Waals surface area contributed by atoms with Gasteiger partial charge in [0.1, 0.15) is 5.82 Å². The number of ether oxygens (including phenoxy) is 1. The predicted molar refractivity (Wildman–Crippen MR) is 87.8 cm³/mol. The first kappa shape index (κ1) is 16.4. The third-order valence-corrected chi connectivity index (χ3v) is 3.68. The molecule has 0 aromatic carbocycles. The van der Waals surface area contributed by atoms with Crippen molar-refractivity contribution in [3.05, 3.63) is 18.3 Å². The van der Waals surface area contributed by atoms with Gasteiger partial charge in [-0.25, -0.2) is 9.78 Å². The molecule has 1 aromatic heterocycles. The number of nitrogens with zero attached hydrogens (tertiary/aromatic N) is 2. The molecular formula is C16H26N4O2. The van der Waals surface area contributed by atoms with Gasteiger partial charge < -0.3 is 20.7 Å². The van der Waals surface area contributed by atoms with Gasteiger partial charge in [0, 0.05) is 18.6 Å². The van der Waals surface area contributed by atoms with E-state index in [0.717, 1.165) is 31.6 Å². The van der Waals surface area contributed by atoms with Gasteiger partial charge in [-0.1, -0.05) is 0 Å². The number of piperidine rings is 1. The molecule has 6 nitrogen and oxygen atoms in total. The van der Waals surface area contributed by atoms with E-state index in [1.165, 1.54) is 0 Å². The SMILES string of the molecule is CC(C)(C)NC(=O)OCC1CCN(c2ccc(N)nc2)CC1. The molecule has 3 N–H and O–H groups in total. The van der Waals surface area contributed by atoms with Gasteiger partial charge in [0.05, 0.1) is 18.5 Å². The minimum absolute atomic E-state index is 0.261. The van der Waals surface area contributed by atoms with Crippen molar-refractivity contribution >= 4 is 17.6 Å². The summed E-state index contributed by atoms with van der Waals surface area (Å²) in [6.45, 7) is 8.19. The third kappa shape index (κ3) is 5.09. The Morgan fingerprint density at radius 2 is 2.09 bits per heavy atom. The number of nitrogen functional groups attached to an aromatic ring is 1. The number of pyridine rings is 1. The van der Waals surface area contributed by atoms with Crippen LogP contribution in [0.4, 0.5) is 16.3 Å². The third-order valence-electron chi connectivity index (χ3n) is 3.68. The number of aromatic nitrogens is 1. The number of hydrogen-bond donors (Lipinski definition) is 2. The molecule has 2 rings (SSSR count). The maximum Gasteiger partial charge on any atom is 0.407 e. The molecule has 1 aliphatic rings. The maximum atomic E-state index is 11.7. The van der Waals surface area contributed by atoms with E-state index < -0.39 is 0 Å². The summed E-state index contributed by atoms with van der Waals surface area (Å²) >= 11 is 0. The molecule has 0 bridgehead atoms. The van der Waals surface area contributed by atoms with Crippen LogP contribution in [0.2, 0.25) is 0 Å². The Labute approximate surface area is 132 Å². The fourth-order valence-corrected chi connectivity index (χ4v) is 2.48. The molecule has 0 saturated carbocycles. The first-order valence-electron chi connectivity index (χ1n) is 7.75. The minimum Gasteiger partial charge on any atom is -0.449 e. The van der Waals surface area contributed by atoms with Crippen molar-refractivity contribution < 1.29 is 9.53 Å². The first-order valence-corrected chi connectivity index (χ1v) is 7.75. The second-order valence-corrected chi connectivity index (χ2v) is 6.85. The standard InChI is InChI=1S/C16H26N4O2/c1-16(2,3)19-15(21)22-11-12-6-8-20(9-7-12)13-4-5-14(17)18-10-13/h4-5,10,12H,6-9,11H2,1-3H3,(H2,17,18)(H,19,21). The largest absolute Gasteiger partial charge is 0.449 e. The van der Waals surface area contributed by atoms with Crippen molar-refractivity contribution in [2.24, 2.45) is 5.92 Å². The van der Waals surface area contributed by atoms with Crippen LogP contribution in [-0.2, 0) is 4.74 Å². The Bertz CT molecular complexity index is 488. The molecular weight excluding hydrogens is 280 g/mol. The highest BCUT2D eigenvalue weighted by atomic mass is 16.5. The fourth-order valence-electron chi connectivity index (χ4n) is 2.48. The first-order chi connectivity index (χ1) is 10.3. The quantitative estimate of drug-likeness (QED) is 0.896. The highest BCUT2D eigenvalue weighted by Gasteiger charge is 2.22. The summed E-state index contributed by atoms with van der Waals surface area (Å²) in [6.07, 6.45) is 3.49. The lowest BCUT2D eigenvalue weighted by atomic mass is 9.97. The second kappa shape index (κ2) is 6.85. The van der Waals surface area contributed by atoms with E-state index in [-0.39, 0.29) is 11.6 Å². The molecule has 0 aliphatic carbocycles. The number of anilines is 2. The molecule has 0 atom stereocenters. The smallest absolute Gasteiger partial charge is 0.407 e. The molecule has 1 aromatic rings. The van der Waals surface area contributed by atoms with E-state index in [4.69, 9.17) is 10.5 Å². The van der Waals surface area contributed by atoms with Gasteiger partial charge >= 0.3 is 6.09 Å². The van der Waals surface area contributed by atoms with E-state index in [0.29, 0.717) is 18.3 Å². The van der Waals surface area contributed by atoms with Crippen molar-refractivity contribution in [3.8, 4) is 0 Å². The average Bonchev–Trinajstić information content (AvgIpc) is 2.45. The van der Waals surface area contributed by atoms with Crippen molar-refractivity contribution in [2.45, 2.75) is 39.2 Å². The number of carbonyl (C=O) groups is 1. The van der Waals surface area contributed by atoms with Crippen molar-refractivity contribution in [1.29, 1.82) is 0 Å². The zero-order valence-corrected chi connectivity index (χ0v) is 13.6. The van der Waals surface area contributed by atoms with Crippen LogP contribution in [-0.4, -0.2) is 36.3 Å². The highest BCUT2D eigenvalue weighted by molar-refractivity contribution is 5.68. The summed E-state index contributed by atoms with van der Waals surface area (Å²) in [4.78, 5) is 18.1. The summed E-state index contributed by atoms with van der Waals surface area (Å²) < 4.78 is 5.32. The fraction of sp³-hybridized carbons (Fsp3) is 0.625. The lowest BCUT2D eigenvalue weighted by Crippen LogP contribution is -2.42. The average molecular weight is 306 g/mol. The Balaban J connectivity index is 1.73. The molecule has 6 heteroatoms. The Hall–Kier alpha value is -1.98. The number of carbonyl (C=O) groups excluding carboxylic acids is 1. The van der Waals surface area contributed by atoms with Crippen LogP contribution < -0.4 is 16.0 Å². The van der Waals surface area contributed by atoms with Gasteiger partial charge in [-0.15, -0.1) is 0 Å². The molecule has 1 amide bonds. The zero-order chi connectivity index (χ0) is 16.2. The Morgan fingerprint density at radius 3 is 2.64 bits per heavy atom. The molecule has 1 aliphatic heterocycles. The number of rotatable bonds is 3. The summed E-state index contributed by atoms with van der Waals surface area (Å²) in [5.74, 6) is 0.959. The minimum atomic E-state index is -0.335. The highest BCUT2D eigenvalue weighted by Crippen LogP contribution is 2.23. The van der Waals surface area contributed by atoms with Crippen LogP contribution >= 0.6 is 0 Å². The van der Waals surface area contributed by atoms with Crippen LogP contribution in [0.1, 0.15) is 33.6 Å². The summed E-state index contributed by atoms with van der Waals surface area (Å²) in [5.41, 5.74) is 6.44. The molecule has 1 saturated heterocycles. The van der Waals surface area contributed by atoms with E-state index in [1.807, 2.05) is 39.1 Å². The molecule has 22 heavy (non-hydrogen) atoms. The normalized spacial score (nSPS) is 16.4. The lowest BCUT2D eigenvalue weighted by molar-refractivity contribution is 0.113. The van der Waals surface area contributed by atoms with Crippen LogP contribution in [0.3, 0.4) is 0 Å². The van der Waals surface area contributed by atoms with E-state index in [2.05, 4.69) is 15.2 Å². The molecule has 1 fully saturated rings. The Kier molecular flexibility index (Phi) is 5.11. The molecule has 0 spiro atoms. The zero-order valence-electron chi connectivity index (χ0n) is 13.6. The van der Waals surface area contributed by atoms with Crippen LogP contribution in [0.25, 0.3) is 0 Å². The van der Waals surface area contributed by atoms with E-state index in [9.17, 15) is 4.79 Å². The molecule has 0 radical (unpaired) electrons. The number of amides is 1. The molecule has 122 valence electrons. The van der Waals surface area contributed by atoms with Gasteiger partial charge in [-0.05, 0) is 51.7 Å². The van der Waals surface area contributed by atoms with Crippen LogP contribution in [0, 0.1) is 5.92 Å². The monoisotopic (exact) mass is 306 g/mol.